The van der Waals surface area contributed by atoms with E-state index in [4.69, 9.17) is 16.3 Å². The van der Waals surface area contributed by atoms with E-state index < -0.39 is 5.60 Å². The van der Waals surface area contributed by atoms with Gasteiger partial charge in [-0.2, -0.15) is 0 Å². The quantitative estimate of drug-likeness (QED) is 0.724. The molecule has 144 valence electrons. The Hall–Kier alpha value is -2.53. The summed E-state index contributed by atoms with van der Waals surface area (Å²) in [4.78, 5) is 25.2. The van der Waals surface area contributed by atoms with Crippen molar-refractivity contribution in [2.24, 2.45) is 0 Å². The number of benzene rings is 2. The van der Waals surface area contributed by atoms with Crippen LogP contribution in [0.1, 0.15) is 44.5 Å². The Morgan fingerprint density at radius 3 is 2.37 bits per heavy atom. The molecule has 0 radical (unpaired) electrons. The molecule has 0 spiro atoms. The predicted molar refractivity (Wildman–Crippen MR) is 108 cm³/mol. The van der Waals surface area contributed by atoms with Crippen molar-refractivity contribution in [2.45, 2.75) is 45.8 Å². The lowest BCUT2D eigenvalue weighted by Gasteiger charge is -2.26. The average molecular weight is 389 g/mol. The SMILES string of the molecule is CCC(C)NC(=O)c1ccccc1NC(=O)C(C)(C)Oc1ccc(Cl)cc1. The number of halogens is 1. The molecule has 1 atom stereocenters. The molecule has 1 unspecified atom stereocenters. The molecule has 27 heavy (non-hydrogen) atoms. The number of anilines is 1. The zero-order chi connectivity index (χ0) is 20.0. The van der Waals surface area contributed by atoms with Crippen molar-refractivity contribution in [1.29, 1.82) is 0 Å². The maximum absolute atomic E-state index is 12.8. The number of rotatable bonds is 7. The first-order chi connectivity index (χ1) is 12.7. The fourth-order valence-corrected chi connectivity index (χ4v) is 2.44. The van der Waals surface area contributed by atoms with Crippen LogP contribution in [0.3, 0.4) is 0 Å². The van der Waals surface area contributed by atoms with E-state index in [1.165, 1.54) is 0 Å². The third kappa shape index (κ3) is 5.73. The van der Waals surface area contributed by atoms with Crippen LogP contribution in [0.15, 0.2) is 48.5 Å². The first kappa shape index (κ1) is 20.8. The Kier molecular flexibility index (Phi) is 6.86. The highest BCUT2D eigenvalue weighted by Gasteiger charge is 2.31. The van der Waals surface area contributed by atoms with Gasteiger partial charge in [0.25, 0.3) is 11.8 Å². The third-order valence-electron chi connectivity index (χ3n) is 4.14. The standard InChI is InChI=1S/C21H25ClN2O3/c1-5-14(2)23-19(25)17-8-6-7-9-18(17)24-20(26)21(3,4)27-16-12-10-15(22)11-13-16/h6-14H,5H2,1-4H3,(H,23,25)(H,24,26). The average Bonchev–Trinajstić information content (AvgIpc) is 2.63. The van der Waals surface area contributed by atoms with Crippen molar-refractivity contribution >= 4 is 29.1 Å². The highest BCUT2D eigenvalue weighted by Crippen LogP contribution is 2.23. The summed E-state index contributed by atoms with van der Waals surface area (Å²) in [6, 6.07) is 13.7. The van der Waals surface area contributed by atoms with Crippen molar-refractivity contribution in [3.8, 4) is 5.75 Å². The molecular formula is C21H25ClN2O3. The summed E-state index contributed by atoms with van der Waals surface area (Å²) in [5.41, 5.74) is -0.293. The molecule has 6 heteroatoms. The lowest BCUT2D eigenvalue weighted by atomic mass is 10.1. The van der Waals surface area contributed by atoms with Gasteiger partial charge in [-0.05, 0) is 63.6 Å². The summed E-state index contributed by atoms with van der Waals surface area (Å²) in [5.74, 6) is -0.0553. The number of ether oxygens (including phenoxy) is 1. The topological polar surface area (TPSA) is 67.4 Å². The van der Waals surface area contributed by atoms with Gasteiger partial charge in [0, 0.05) is 11.1 Å². The molecule has 0 bridgehead atoms. The molecule has 0 heterocycles. The zero-order valence-electron chi connectivity index (χ0n) is 16.0. The number of carbonyl (C=O) groups is 2. The maximum atomic E-state index is 12.8. The summed E-state index contributed by atoms with van der Waals surface area (Å²) in [7, 11) is 0. The van der Waals surface area contributed by atoms with E-state index in [-0.39, 0.29) is 17.9 Å². The van der Waals surface area contributed by atoms with Crippen LogP contribution < -0.4 is 15.4 Å². The second kappa shape index (κ2) is 8.91. The molecule has 2 N–H and O–H groups in total. The van der Waals surface area contributed by atoms with Gasteiger partial charge in [-0.25, -0.2) is 0 Å². The van der Waals surface area contributed by atoms with Crippen molar-refractivity contribution in [3.63, 3.8) is 0 Å². The Morgan fingerprint density at radius 2 is 1.74 bits per heavy atom. The zero-order valence-corrected chi connectivity index (χ0v) is 16.8. The van der Waals surface area contributed by atoms with Crippen LogP contribution in [0.4, 0.5) is 5.69 Å². The van der Waals surface area contributed by atoms with E-state index in [1.807, 2.05) is 13.8 Å². The minimum Gasteiger partial charge on any atom is -0.478 e. The second-order valence-electron chi connectivity index (χ2n) is 6.85. The summed E-state index contributed by atoms with van der Waals surface area (Å²) >= 11 is 5.87. The molecular weight excluding hydrogens is 364 g/mol. The first-order valence-electron chi connectivity index (χ1n) is 8.89. The van der Waals surface area contributed by atoms with Crippen LogP contribution in [-0.2, 0) is 4.79 Å². The lowest BCUT2D eigenvalue weighted by Crippen LogP contribution is -2.43. The Balaban J connectivity index is 2.14. The van der Waals surface area contributed by atoms with Crippen LogP contribution in [0, 0.1) is 0 Å². The van der Waals surface area contributed by atoms with Crippen LogP contribution in [-0.4, -0.2) is 23.5 Å². The Labute approximate surface area is 165 Å². The van der Waals surface area contributed by atoms with Gasteiger partial charge in [0.05, 0.1) is 11.3 Å². The highest BCUT2D eigenvalue weighted by molar-refractivity contribution is 6.30. The van der Waals surface area contributed by atoms with Crippen LogP contribution in [0.5, 0.6) is 5.75 Å². The molecule has 2 aromatic carbocycles. The molecule has 0 aliphatic carbocycles. The van der Waals surface area contributed by atoms with Gasteiger partial charge >= 0.3 is 0 Å². The lowest BCUT2D eigenvalue weighted by molar-refractivity contribution is -0.128. The van der Waals surface area contributed by atoms with Crippen molar-refractivity contribution in [2.75, 3.05) is 5.32 Å². The highest BCUT2D eigenvalue weighted by atomic mass is 35.5. The van der Waals surface area contributed by atoms with Gasteiger partial charge in [0.1, 0.15) is 5.75 Å². The first-order valence-corrected chi connectivity index (χ1v) is 9.26. The summed E-state index contributed by atoms with van der Waals surface area (Å²) in [5, 5.41) is 6.30. The van der Waals surface area contributed by atoms with E-state index in [2.05, 4.69) is 10.6 Å². The van der Waals surface area contributed by atoms with Crippen molar-refractivity contribution < 1.29 is 14.3 Å². The smallest absolute Gasteiger partial charge is 0.267 e. The van der Waals surface area contributed by atoms with Crippen molar-refractivity contribution in [1.82, 2.24) is 5.32 Å². The summed E-state index contributed by atoms with van der Waals surface area (Å²) in [6.45, 7) is 7.26. The summed E-state index contributed by atoms with van der Waals surface area (Å²) in [6.07, 6.45) is 0.822. The van der Waals surface area contributed by atoms with Gasteiger partial charge in [-0.3, -0.25) is 9.59 Å². The van der Waals surface area contributed by atoms with E-state index in [0.29, 0.717) is 22.0 Å². The summed E-state index contributed by atoms with van der Waals surface area (Å²) < 4.78 is 5.80. The predicted octanol–water partition coefficient (Wildman–Crippen LogP) is 4.66. The van der Waals surface area contributed by atoms with Gasteiger partial charge in [0.15, 0.2) is 5.60 Å². The van der Waals surface area contributed by atoms with Crippen LogP contribution in [0.2, 0.25) is 5.02 Å². The number of hydrogen-bond donors (Lipinski definition) is 2. The molecule has 2 rings (SSSR count). The Bertz CT molecular complexity index is 803. The molecule has 0 aliphatic heterocycles. The van der Waals surface area contributed by atoms with Crippen molar-refractivity contribution in [3.05, 3.63) is 59.1 Å². The molecule has 0 fully saturated rings. The maximum Gasteiger partial charge on any atom is 0.267 e. The van der Waals surface area contributed by atoms with Gasteiger partial charge in [-0.1, -0.05) is 30.7 Å². The molecule has 0 saturated carbocycles. The molecule has 0 saturated heterocycles. The fraction of sp³-hybridized carbons (Fsp3) is 0.333. The van der Waals surface area contributed by atoms with Gasteiger partial charge in [0.2, 0.25) is 0 Å². The van der Waals surface area contributed by atoms with E-state index in [9.17, 15) is 9.59 Å². The minimum atomic E-state index is -1.14. The number of para-hydroxylation sites is 1. The number of hydrogen-bond acceptors (Lipinski definition) is 3. The van der Waals surface area contributed by atoms with Gasteiger partial charge in [-0.15, -0.1) is 0 Å². The minimum absolute atomic E-state index is 0.0472. The number of amides is 2. The number of nitrogens with one attached hydrogen (secondary N) is 2. The fourth-order valence-electron chi connectivity index (χ4n) is 2.31. The van der Waals surface area contributed by atoms with Gasteiger partial charge < -0.3 is 15.4 Å². The third-order valence-corrected chi connectivity index (χ3v) is 4.40. The molecule has 0 aromatic heterocycles. The largest absolute Gasteiger partial charge is 0.478 e. The molecule has 5 nitrogen and oxygen atoms in total. The number of carbonyl (C=O) groups excluding carboxylic acids is 2. The molecule has 2 amide bonds. The van der Waals surface area contributed by atoms with Crippen LogP contribution >= 0.6 is 11.6 Å². The van der Waals surface area contributed by atoms with E-state index in [0.717, 1.165) is 6.42 Å². The van der Waals surface area contributed by atoms with E-state index >= 15 is 0 Å². The Morgan fingerprint density at radius 1 is 1.11 bits per heavy atom. The monoisotopic (exact) mass is 388 g/mol. The van der Waals surface area contributed by atoms with E-state index in [1.54, 1.807) is 62.4 Å². The van der Waals surface area contributed by atoms with Crippen LogP contribution in [0.25, 0.3) is 0 Å². The molecule has 0 aliphatic rings. The second-order valence-corrected chi connectivity index (χ2v) is 7.29. The normalized spacial score (nSPS) is 12.2. The molecule has 2 aromatic rings.